The van der Waals surface area contributed by atoms with Crippen molar-refractivity contribution < 1.29 is 9.53 Å². The SMILES string of the molecule is CCCC(CCC)COC(=O)c1ccccc1SC. The number of esters is 1. The topological polar surface area (TPSA) is 26.3 Å². The average Bonchev–Trinajstić information content (AvgIpc) is 2.44. The molecule has 0 bridgehead atoms. The Bertz CT molecular complexity index is 384. The number of ether oxygens (including phenoxy) is 1. The van der Waals surface area contributed by atoms with Gasteiger partial charge in [0.2, 0.25) is 0 Å². The van der Waals surface area contributed by atoms with Crippen molar-refractivity contribution >= 4 is 17.7 Å². The molecule has 0 aliphatic heterocycles. The number of hydrogen-bond acceptors (Lipinski definition) is 3. The Hall–Kier alpha value is -0.960. The van der Waals surface area contributed by atoms with Gasteiger partial charge in [0, 0.05) is 4.90 Å². The molecule has 0 spiro atoms. The van der Waals surface area contributed by atoms with E-state index in [0.29, 0.717) is 18.1 Å². The van der Waals surface area contributed by atoms with E-state index in [2.05, 4.69) is 13.8 Å². The zero-order valence-electron chi connectivity index (χ0n) is 12.1. The van der Waals surface area contributed by atoms with Crippen LogP contribution in [0.15, 0.2) is 29.2 Å². The van der Waals surface area contributed by atoms with Crippen LogP contribution in [0.1, 0.15) is 49.9 Å². The fraction of sp³-hybridized carbons (Fsp3) is 0.562. The third kappa shape index (κ3) is 5.27. The van der Waals surface area contributed by atoms with Crippen LogP contribution in [0.2, 0.25) is 0 Å². The molecule has 0 saturated carbocycles. The second kappa shape index (κ2) is 9.03. The van der Waals surface area contributed by atoms with Crippen LogP contribution in [-0.4, -0.2) is 18.8 Å². The lowest BCUT2D eigenvalue weighted by atomic mass is 9.99. The zero-order chi connectivity index (χ0) is 14.1. The van der Waals surface area contributed by atoms with Gasteiger partial charge in [-0.2, -0.15) is 0 Å². The van der Waals surface area contributed by atoms with Crippen LogP contribution in [0, 0.1) is 5.92 Å². The molecule has 0 aliphatic rings. The molecule has 0 N–H and O–H groups in total. The highest BCUT2D eigenvalue weighted by Gasteiger charge is 2.14. The minimum absolute atomic E-state index is 0.192. The zero-order valence-corrected chi connectivity index (χ0v) is 13.0. The van der Waals surface area contributed by atoms with Crippen molar-refractivity contribution in [1.82, 2.24) is 0 Å². The average molecular weight is 280 g/mol. The van der Waals surface area contributed by atoms with Crippen LogP contribution in [0.3, 0.4) is 0 Å². The first-order valence-electron chi connectivity index (χ1n) is 7.03. The van der Waals surface area contributed by atoms with Crippen molar-refractivity contribution in [3.8, 4) is 0 Å². The summed E-state index contributed by atoms with van der Waals surface area (Å²) in [4.78, 5) is 13.1. The summed E-state index contributed by atoms with van der Waals surface area (Å²) in [7, 11) is 0. The quantitative estimate of drug-likeness (QED) is 0.506. The normalized spacial score (nSPS) is 10.7. The van der Waals surface area contributed by atoms with Gasteiger partial charge in [-0.05, 0) is 37.1 Å². The number of carbonyl (C=O) groups is 1. The molecule has 19 heavy (non-hydrogen) atoms. The Labute approximate surface area is 120 Å². The highest BCUT2D eigenvalue weighted by Crippen LogP contribution is 2.21. The second-order valence-electron chi connectivity index (χ2n) is 4.74. The summed E-state index contributed by atoms with van der Waals surface area (Å²) < 4.78 is 5.49. The van der Waals surface area contributed by atoms with Gasteiger partial charge >= 0.3 is 5.97 Å². The van der Waals surface area contributed by atoms with Crippen LogP contribution in [-0.2, 0) is 4.74 Å². The molecule has 1 aromatic carbocycles. The Morgan fingerprint density at radius 2 is 1.84 bits per heavy atom. The molecule has 0 saturated heterocycles. The summed E-state index contributed by atoms with van der Waals surface area (Å²) in [5.41, 5.74) is 0.682. The van der Waals surface area contributed by atoms with Crippen molar-refractivity contribution in [2.45, 2.75) is 44.4 Å². The fourth-order valence-electron chi connectivity index (χ4n) is 2.21. The van der Waals surface area contributed by atoms with Crippen molar-refractivity contribution in [3.05, 3.63) is 29.8 Å². The van der Waals surface area contributed by atoms with Gasteiger partial charge in [0.05, 0.1) is 12.2 Å². The first-order chi connectivity index (χ1) is 9.22. The summed E-state index contributed by atoms with van der Waals surface area (Å²) in [6, 6.07) is 7.62. The van der Waals surface area contributed by atoms with Crippen molar-refractivity contribution in [2.75, 3.05) is 12.9 Å². The molecule has 0 unspecified atom stereocenters. The molecular weight excluding hydrogens is 256 g/mol. The van der Waals surface area contributed by atoms with Crippen LogP contribution in [0.4, 0.5) is 0 Å². The first-order valence-corrected chi connectivity index (χ1v) is 8.25. The first kappa shape index (κ1) is 16.1. The van der Waals surface area contributed by atoms with Gasteiger partial charge in [0.15, 0.2) is 0 Å². The molecule has 0 amide bonds. The standard InChI is InChI=1S/C16H24O2S/c1-4-8-13(9-5-2)12-18-16(17)14-10-6-7-11-15(14)19-3/h6-7,10-11,13H,4-5,8-9,12H2,1-3H3. The van der Waals surface area contributed by atoms with Gasteiger partial charge in [0.1, 0.15) is 0 Å². The van der Waals surface area contributed by atoms with Gasteiger partial charge in [-0.25, -0.2) is 4.79 Å². The molecule has 0 fully saturated rings. The summed E-state index contributed by atoms with van der Waals surface area (Å²) in [6.07, 6.45) is 6.52. The second-order valence-corrected chi connectivity index (χ2v) is 5.59. The third-order valence-corrected chi connectivity index (χ3v) is 3.97. The largest absolute Gasteiger partial charge is 0.462 e. The number of carbonyl (C=O) groups excluding carboxylic acids is 1. The van der Waals surface area contributed by atoms with Gasteiger partial charge in [-0.15, -0.1) is 11.8 Å². The molecule has 3 heteroatoms. The van der Waals surface area contributed by atoms with E-state index in [9.17, 15) is 4.79 Å². The maximum absolute atomic E-state index is 12.1. The predicted octanol–water partition coefficient (Wildman–Crippen LogP) is 4.78. The summed E-state index contributed by atoms with van der Waals surface area (Å²) in [5, 5.41) is 0. The van der Waals surface area contributed by atoms with Crippen LogP contribution in [0.25, 0.3) is 0 Å². The van der Waals surface area contributed by atoms with Crippen molar-refractivity contribution in [3.63, 3.8) is 0 Å². The maximum Gasteiger partial charge on any atom is 0.339 e. The molecule has 0 aromatic heterocycles. The Balaban J connectivity index is 2.58. The highest BCUT2D eigenvalue weighted by atomic mass is 32.2. The molecule has 2 nitrogen and oxygen atoms in total. The Kier molecular flexibility index (Phi) is 7.65. The van der Waals surface area contributed by atoms with Crippen LogP contribution < -0.4 is 0 Å². The number of hydrogen-bond donors (Lipinski definition) is 0. The molecule has 1 aromatic rings. The van der Waals surface area contributed by atoms with Crippen molar-refractivity contribution in [2.24, 2.45) is 5.92 Å². The minimum atomic E-state index is -0.192. The number of benzene rings is 1. The molecule has 106 valence electrons. The molecule has 0 radical (unpaired) electrons. The van der Waals surface area contributed by atoms with Gasteiger partial charge in [0.25, 0.3) is 0 Å². The predicted molar refractivity (Wildman–Crippen MR) is 81.8 cm³/mol. The van der Waals surface area contributed by atoms with E-state index in [1.807, 2.05) is 30.5 Å². The van der Waals surface area contributed by atoms with Crippen LogP contribution in [0.5, 0.6) is 0 Å². The Morgan fingerprint density at radius 3 is 2.42 bits per heavy atom. The molecule has 1 rings (SSSR count). The van der Waals surface area contributed by atoms with E-state index >= 15 is 0 Å². The van der Waals surface area contributed by atoms with E-state index in [4.69, 9.17) is 4.74 Å². The molecular formula is C16H24O2S. The monoisotopic (exact) mass is 280 g/mol. The lowest BCUT2D eigenvalue weighted by Crippen LogP contribution is -2.15. The van der Waals surface area contributed by atoms with Gasteiger partial charge in [-0.1, -0.05) is 38.8 Å². The molecule has 0 heterocycles. The molecule has 0 aliphatic carbocycles. The molecule has 0 atom stereocenters. The van der Waals surface area contributed by atoms with E-state index in [0.717, 1.165) is 30.6 Å². The number of rotatable bonds is 8. The van der Waals surface area contributed by atoms with Crippen LogP contribution >= 0.6 is 11.8 Å². The fourth-order valence-corrected chi connectivity index (χ4v) is 2.80. The highest BCUT2D eigenvalue weighted by molar-refractivity contribution is 7.98. The number of thioether (sulfide) groups is 1. The van der Waals surface area contributed by atoms with Gasteiger partial charge < -0.3 is 4.74 Å². The van der Waals surface area contributed by atoms with E-state index in [1.165, 1.54) is 0 Å². The van der Waals surface area contributed by atoms with E-state index < -0.39 is 0 Å². The van der Waals surface area contributed by atoms with E-state index in [-0.39, 0.29) is 5.97 Å². The lowest BCUT2D eigenvalue weighted by molar-refractivity contribution is 0.0421. The van der Waals surface area contributed by atoms with E-state index in [1.54, 1.807) is 11.8 Å². The summed E-state index contributed by atoms with van der Waals surface area (Å²) >= 11 is 1.58. The lowest BCUT2D eigenvalue weighted by Gasteiger charge is -2.16. The smallest absolute Gasteiger partial charge is 0.339 e. The van der Waals surface area contributed by atoms with Crippen molar-refractivity contribution in [1.29, 1.82) is 0 Å². The van der Waals surface area contributed by atoms with Gasteiger partial charge in [-0.3, -0.25) is 0 Å². The summed E-state index contributed by atoms with van der Waals surface area (Å²) in [6.45, 7) is 4.89. The Morgan fingerprint density at radius 1 is 1.21 bits per heavy atom. The minimum Gasteiger partial charge on any atom is -0.462 e. The maximum atomic E-state index is 12.1. The third-order valence-electron chi connectivity index (χ3n) is 3.17. The summed E-state index contributed by atoms with van der Waals surface area (Å²) in [5.74, 6) is 0.308.